The third kappa shape index (κ3) is 14.8. The van der Waals surface area contributed by atoms with Crippen LogP contribution >= 0.6 is 0 Å². The van der Waals surface area contributed by atoms with Crippen LogP contribution in [0.2, 0.25) is 0 Å². The van der Waals surface area contributed by atoms with Crippen LogP contribution in [-0.2, 0) is 38.3 Å². The fraction of sp³-hybridized carbons (Fsp3) is 0.333. The van der Waals surface area contributed by atoms with E-state index in [1.54, 1.807) is 0 Å². The topological polar surface area (TPSA) is 144 Å². The highest BCUT2D eigenvalue weighted by Crippen LogP contribution is 2.44. The van der Waals surface area contributed by atoms with Crippen molar-refractivity contribution in [3.8, 4) is 28.0 Å². The second-order valence-corrected chi connectivity index (χ2v) is 19.4. The number of carbonyl (C=O) groups is 4. The highest BCUT2D eigenvalue weighted by Gasteiger charge is 2.31. The molecule has 6 aromatic carbocycles. The van der Waals surface area contributed by atoms with Crippen molar-refractivity contribution >= 4 is 29.7 Å². The third-order valence-corrected chi connectivity index (χ3v) is 12.5. The first-order valence-electron chi connectivity index (χ1n) is 24.9. The van der Waals surface area contributed by atoms with E-state index in [1.807, 2.05) is 106 Å². The molecule has 1 aliphatic rings. The summed E-state index contributed by atoms with van der Waals surface area (Å²) in [6.45, 7) is 12.9. The molecule has 0 aliphatic heterocycles. The van der Waals surface area contributed by atoms with Gasteiger partial charge in [-0.25, -0.2) is 9.59 Å². The van der Waals surface area contributed by atoms with Crippen LogP contribution in [-0.4, -0.2) is 61.4 Å². The Morgan fingerprint density at radius 2 is 1.30 bits per heavy atom. The molecule has 4 amide bonds. The number of hydrogen-bond acceptors (Lipinski definition) is 7. The van der Waals surface area contributed by atoms with Crippen molar-refractivity contribution in [3.05, 3.63) is 178 Å². The minimum atomic E-state index is -1.07. The molecule has 0 heterocycles. The summed E-state index contributed by atoms with van der Waals surface area (Å²) >= 11 is 0. The molecule has 6 aromatic rings. The molecule has 11 heteroatoms. The monoisotopic (exact) mass is 957 g/mol. The largest absolute Gasteiger partial charge is 0.494 e. The van der Waals surface area contributed by atoms with Gasteiger partial charge in [0, 0.05) is 24.6 Å². The summed E-state index contributed by atoms with van der Waals surface area (Å²) < 4.78 is 17.4. The molecule has 7 rings (SSSR count). The lowest BCUT2D eigenvalue weighted by atomic mass is 9.95. The zero-order chi connectivity index (χ0) is 50.3. The van der Waals surface area contributed by atoms with E-state index in [9.17, 15) is 19.2 Å². The third-order valence-electron chi connectivity index (χ3n) is 12.5. The van der Waals surface area contributed by atoms with Gasteiger partial charge in [-0.3, -0.25) is 9.59 Å². The van der Waals surface area contributed by atoms with E-state index in [2.05, 4.69) is 96.6 Å². The number of aryl methyl sites for hydroxylation is 4. The minimum Gasteiger partial charge on any atom is -0.494 e. The van der Waals surface area contributed by atoms with Crippen LogP contribution in [0, 0.1) is 13.8 Å². The molecule has 4 N–H and O–H groups in total. The average Bonchev–Trinajstić information content (AvgIpc) is 3.66. The van der Waals surface area contributed by atoms with Crippen molar-refractivity contribution in [1.29, 1.82) is 0 Å². The minimum absolute atomic E-state index is 0.0837. The summed E-state index contributed by atoms with van der Waals surface area (Å²) in [6.07, 6.45) is 3.05. The number of rotatable bonds is 21. The molecular weight excluding hydrogens is 889 g/mol. The molecule has 11 nitrogen and oxygen atoms in total. The van der Waals surface area contributed by atoms with E-state index in [0.717, 1.165) is 75.9 Å². The van der Waals surface area contributed by atoms with Gasteiger partial charge in [0.05, 0.1) is 6.61 Å². The Bertz CT molecular complexity index is 2700. The number of benzene rings is 6. The second-order valence-electron chi connectivity index (χ2n) is 19.4. The number of ether oxygens (including phenoxy) is 3. The van der Waals surface area contributed by atoms with Crippen LogP contribution in [0.5, 0.6) is 5.75 Å². The Morgan fingerprint density at radius 1 is 0.634 bits per heavy atom. The molecule has 1 aliphatic carbocycles. The van der Waals surface area contributed by atoms with Gasteiger partial charge in [-0.2, -0.15) is 0 Å². The van der Waals surface area contributed by atoms with Crippen molar-refractivity contribution in [2.24, 2.45) is 0 Å². The van der Waals surface area contributed by atoms with Crippen molar-refractivity contribution < 1.29 is 33.4 Å². The smallest absolute Gasteiger partial charge is 0.407 e. The van der Waals surface area contributed by atoms with E-state index in [1.165, 1.54) is 16.7 Å². The molecule has 2 unspecified atom stereocenters. The number of para-hydroxylation sites is 1. The summed E-state index contributed by atoms with van der Waals surface area (Å²) in [5.41, 5.74) is 12.0. The number of anilines is 1. The zero-order valence-electron chi connectivity index (χ0n) is 41.9. The van der Waals surface area contributed by atoms with Crippen LogP contribution in [0.25, 0.3) is 22.3 Å². The first kappa shape index (κ1) is 51.5. The summed E-state index contributed by atoms with van der Waals surface area (Å²) in [7, 11) is 0. The lowest BCUT2D eigenvalue weighted by Gasteiger charge is -2.24. The first-order valence-corrected chi connectivity index (χ1v) is 24.9. The lowest BCUT2D eigenvalue weighted by Crippen LogP contribution is -2.53. The highest BCUT2D eigenvalue weighted by molar-refractivity contribution is 5.98. The number of nitrogens with one attached hydrogen (secondary N) is 4. The number of unbranched alkanes of at least 4 members (excludes halogenated alkanes) is 1. The van der Waals surface area contributed by atoms with Crippen molar-refractivity contribution in [2.45, 2.75) is 110 Å². The van der Waals surface area contributed by atoms with Gasteiger partial charge >= 0.3 is 12.2 Å². The summed E-state index contributed by atoms with van der Waals surface area (Å²) in [5.74, 6) is -0.225. The number of alkyl carbamates (subject to hydrolysis) is 2. The predicted octanol–water partition coefficient (Wildman–Crippen LogP) is 11.8. The normalized spacial score (nSPS) is 12.7. The van der Waals surface area contributed by atoms with Crippen molar-refractivity contribution in [3.63, 3.8) is 0 Å². The van der Waals surface area contributed by atoms with Crippen LogP contribution in [0.3, 0.4) is 0 Å². The molecule has 370 valence electrons. The molecule has 71 heavy (non-hydrogen) atoms. The Balaban J connectivity index is 1.05. The molecule has 2 atom stereocenters. The quantitative estimate of drug-likeness (QED) is 0.0526. The summed E-state index contributed by atoms with van der Waals surface area (Å²) in [4.78, 5) is 54.4. The summed E-state index contributed by atoms with van der Waals surface area (Å²) in [6, 6.07) is 44.0. The standard InChI is InChI=1S/C60H68N4O7/c1-7-44-38-47(69-33-16-15-32-61-58(67)71-60(4,5)6)30-31-48(44)45-28-26-42(27-29-45)37-55(64-59(68)70-39-53-51-23-13-11-21-49(51)50-22-12-14-24-52(50)53)57(66)63-54(56(65)62-46-19-9-8-10-20-46)25-17-18-43-35-40(2)34-41(3)36-43/h8-14,19-24,26-31,34-36,38,53-55H,7,15-18,25,32-33,37,39H2,1-6H3,(H,61,67)(H,62,65)(H,63,66)(H,64,68). The van der Waals surface area contributed by atoms with E-state index in [4.69, 9.17) is 14.2 Å². The maximum Gasteiger partial charge on any atom is 0.407 e. The fourth-order valence-electron chi connectivity index (χ4n) is 9.22. The summed E-state index contributed by atoms with van der Waals surface area (Å²) in [5, 5.41) is 11.7. The molecule has 0 saturated heterocycles. The highest BCUT2D eigenvalue weighted by atomic mass is 16.6. The first-order chi connectivity index (χ1) is 34.2. The van der Waals surface area contributed by atoms with E-state index >= 15 is 0 Å². The van der Waals surface area contributed by atoms with Gasteiger partial charge in [0.25, 0.3) is 0 Å². The molecule has 0 spiro atoms. The maximum atomic E-state index is 14.6. The van der Waals surface area contributed by atoms with Gasteiger partial charge < -0.3 is 35.5 Å². The Labute approximate surface area is 419 Å². The number of amides is 4. The molecule has 0 radical (unpaired) electrons. The van der Waals surface area contributed by atoms with Gasteiger partial charge in [0.15, 0.2) is 0 Å². The van der Waals surface area contributed by atoms with Crippen LogP contribution in [0.1, 0.15) is 98.2 Å². The van der Waals surface area contributed by atoms with Crippen LogP contribution in [0.15, 0.2) is 140 Å². The number of carbonyl (C=O) groups excluding carboxylic acids is 4. The number of fused-ring (bicyclic) bond motifs is 3. The van der Waals surface area contributed by atoms with E-state index in [-0.39, 0.29) is 24.9 Å². The Morgan fingerprint density at radius 3 is 1.96 bits per heavy atom. The second kappa shape index (κ2) is 24.4. The fourth-order valence-corrected chi connectivity index (χ4v) is 9.22. The molecule has 0 fully saturated rings. The average molecular weight is 957 g/mol. The van der Waals surface area contributed by atoms with Gasteiger partial charge in [0.2, 0.25) is 11.8 Å². The molecule has 0 bridgehead atoms. The molecular formula is C60H68N4O7. The Kier molecular flexibility index (Phi) is 17.7. The number of hydrogen-bond donors (Lipinski definition) is 4. The zero-order valence-corrected chi connectivity index (χ0v) is 41.9. The van der Waals surface area contributed by atoms with Gasteiger partial charge in [-0.15, -0.1) is 0 Å². The van der Waals surface area contributed by atoms with Gasteiger partial charge in [0.1, 0.15) is 30.0 Å². The van der Waals surface area contributed by atoms with Crippen LogP contribution in [0.4, 0.5) is 15.3 Å². The van der Waals surface area contributed by atoms with E-state index < -0.39 is 35.8 Å². The lowest BCUT2D eigenvalue weighted by molar-refractivity contribution is -0.128. The van der Waals surface area contributed by atoms with E-state index in [0.29, 0.717) is 31.7 Å². The van der Waals surface area contributed by atoms with Crippen molar-refractivity contribution in [1.82, 2.24) is 16.0 Å². The Hall–Kier alpha value is -7.40. The molecule has 0 saturated carbocycles. The van der Waals surface area contributed by atoms with Crippen LogP contribution < -0.4 is 26.0 Å². The maximum absolute atomic E-state index is 14.6. The predicted molar refractivity (Wildman–Crippen MR) is 282 cm³/mol. The van der Waals surface area contributed by atoms with Crippen molar-refractivity contribution in [2.75, 3.05) is 25.1 Å². The van der Waals surface area contributed by atoms with Gasteiger partial charge in [-0.1, -0.05) is 133 Å². The van der Waals surface area contributed by atoms with Gasteiger partial charge in [-0.05, 0) is 147 Å². The SMILES string of the molecule is CCc1cc(OCCCCNC(=O)OC(C)(C)C)ccc1-c1ccc(CC(NC(=O)OCC2c3ccccc3-c3ccccc32)C(=O)NC(CCCc2cc(C)cc(C)c2)C(=O)Nc2ccccc2)cc1. The molecule has 0 aromatic heterocycles.